The fraction of sp³-hybridized carbons (Fsp3) is 0.200. The Morgan fingerprint density at radius 1 is 1.22 bits per heavy atom. The molecule has 0 saturated heterocycles. The van der Waals surface area contributed by atoms with Crippen LogP contribution < -0.4 is 4.74 Å². The van der Waals surface area contributed by atoms with Gasteiger partial charge in [-0.05, 0) is 30.2 Å². The third-order valence-corrected chi connectivity index (χ3v) is 2.80. The number of benzene rings is 1. The molecule has 0 N–H and O–H groups in total. The first-order valence-electron chi connectivity index (χ1n) is 5.86. The number of methoxy groups -OCH3 is 1. The number of nitrogens with zero attached hydrogens (tertiary/aromatic N) is 1. The van der Waals surface area contributed by atoms with E-state index >= 15 is 0 Å². The molecule has 0 aliphatic rings. The highest BCUT2D eigenvalue weighted by atomic mass is 16.5. The summed E-state index contributed by atoms with van der Waals surface area (Å²) in [6.45, 7) is 0. The number of para-hydroxylation sites is 1. The van der Waals surface area contributed by atoms with Gasteiger partial charge in [0, 0.05) is 24.4 Å². The second kappa shape index (κ2) is 5.96. The third-order valence-electron chi connectivity index (χ3n) is 2.80. The van der Waals surface area contributed by atoms with E-state index in [0.717, 1.165) is 11.3 Å². The molecule has 0 radical (unpaired) electrons. The molecule has 18 heavy (non-hydrogen) atoms. The molecule has 0 unspecified atom stereocenters. The zero-order chi connectivity index (χ0) is 12.8. The van der Waals surface area contributed by atoms with Crippen molar-refractivity contribution in [1.29, 1.82) is 0 Å². The van der Waals surface area contributed by atoms with Crippen LogP contribution in [0, 0.1) is 0 Å². The van der Waals surface area contributed by atoms with Gasteiger partial charge >= 0.3 is 0 Å². The Hall–Kier alpha value is -2.16. The van der Waals surface area contributed by atoms with E-state index in [4.69, 9.17) is 4.74 Å². The summed E-state index contributed by atoms with van der Waals surface area (Å²) in [6, 6.07) is 11.3. The van der Waals surface area contributed by atoms with E-state index in [1.807, 2.05) is 24.3 Å². The molecule has 0 saturated carbocycles. The van der Waals surface area contributed by atoms with Gasteiger partial charge in [-0.2, -0.15) is 0 Å². The number of aryl methyl sites for hydroxylation is 1. The largest absolute Gasteiger partial charge is 0.496 e. The molecule has 1 aromatic carbocycles. The van der Waals surface area contributed by atoms with Crippen LogP contribution in [0.25, 0.3) is 0 Å². The number of carbonyl (C=O) groups excluding carboxylic acids is 1. The number of ether oxygens (including phenoxy) is 1. The second-order valence-corrected chi connectivity index (χ2v) is 3.98. The maximum atomic E-state index is 11.9. The van der Waals surface area contributed by atoms with Gasteiger partial charge in [-0.3, -0.25) is 9.78 Å². The quantitative estimate of drug-likeness (QED) is 0.755. The second-order valence-electron chi connectivity index (χ2n) is 3.98. The van der Waals surface area contributed by atoms with E-state index in [0.29, 0.717) is 18.4 Å². The summed E-state index contributed by atoms with van der Waals surface area (Å²) < 4.78 is 5.26. The zero-order valence-corrected chi connectivity index (χ0v) is 10.3. The van der Waals surface area contributed by atoms with Crippen LogP contribution in [0.3, 0.4) is 0 Å². The molecule has 1 aromatic heterocycles. The first-order valence-corrected chi connectivity index (χ1v) is 5.86. The number of ketones is 1. The van der Waals surface area contributed by atoms with Gasteiger partial charge in [-0.15, -0.1) is 0 Å². The monoisotopic (exact) mass is 241 g/mol. The minimum atomic E-state index is 0.106. The lowest BCUT2D eigenvalue weighted by atomic mass is 10.0. The highest BCUT2D eigenvalue weighted by molar-refractivity contribution is 5.95. The van der Waals surface area contributed by atoms with Gasteiger partial charge in [-0.25, -0.2) is 0 Å². The Morgan fingerprint density at radius 3 is 2.78 bits per heavy atom. The van der Waals surface area contributed by atoms with Crippen LogP contribution >= 0.6 is 0 Å². The number of Topliss-reactive ketones (excluding diaryl/α,β-unsaturated/α-hetero) is 1. The van der Waals surface area contributed by atoms with Crippen molar-refractivity contribution in [2.75, 3.05) is 7.11 Å². The number of rotatable bonds is 5. The summed E-state index contributed by atoms with van der Waals surface area (Å²) in [4.78, 5) is 15.9. The molecule has 1 heterocycles. The standard InChI is InChI=1S/C15H15NO2/c1-18-15-7-3-2-5-12(15)8-9-14(17)13-6-4-10-16-11-13/h2-7,10-11H,8-9H2,1H3. The van der Waals surface area contributed by atoms with Gasteiger partial charge in [0.05, 0.1) is 7.11 Å². The van der Waals surface area contributed by atoms with E-state index in [2.05, 4.69) is 4.98 Å². The van der Waals surface area contributed by atoms with Crippen molar-refractivity contribution in [3.05, 3.63) is 59.9 Å². The molecule has 0 atom stereocenters. The summed E-state index contributed by atoms with van der Waals surface area (Å²) in [5.74, 6) is 0.936. The Bertz CT molecular complexity index is 523. The van der Waals surface area contributed by atoms with Crippen LogP contribution in [0.2, 0.25) is 0 Å². The first kappa shape index (κ1) is 12.3. The molecule has 3 nitrogen and oxygen atoms in total. The fourth-order valence-corrected chi connectivity index (χ4v) is 1.83. The molecule has 92 valence electrons. The predicted molar refractivity (Wildman–Crippen MR) is 69.9 cm³/mol. The summed E-state index contributed by atoms with van der Waals surface area (Å²) in [5, 5.41) is 0. The molecular weight excluding hydrogens is 226 g/mol. The summed E-state index contributed by atoms with van der Waals surface area (Å²) in [6.07, 6.45) is 4.41. The number of carbonyl (C=O) groups is 1. The van der Waals surface area contributed by atoms with Gasteiger partial charge in [0.2, 0.25) is 0 Å². The lowest BCUT2D eigenvalue weighted by Gasteiger charge is -2.07. The average molecular weight is 241 g/mol. The van der Waals surface area contributed by atoms with Crippen LogP contribution in [-0.4, -0.2) is 17.9 Å². The maximum Gasteiger partial charge on any atom is 0.164 e. The third kappa shape index (κ3) is 2.94. The van der Waals surface area contributed by atoms with Crippen molar-refractivity contribution in [2.45, 2.75) is 12.8 Å². The lowest BCUT2D eigenvalue weighted by Crippen LogP contribution is -2.02. The van der Waals surface area contributed by atoms with Crippen LogP contribution in [0.4, 0.5) is 0 Å². The molecular formula is C15H15NO2. The van der Waals surface area contributed by atoms with Gasteiger partial charge < -0.3 is 4.74 Å². The predicted octanol–water partition coefficient (Wildman–Crippen LogP) is 2.91. The van der Waals surface area contributed by atoms with Gasteiger partial charge in [0.15, 0.2) is 5.78 Å². The van der Waals surface area contributed by atoms with E-state index in [9.17, 15) is 4.79 Å². The number of pyridine rings is 1. The van der Waals surface area contributed by atoms with E-state index in [-0.39, 0.29) is 5.78 Å². The Morgan fingerprint density at radius 2 is 2.06 bits per heavy atom. The van der Waals surface area contributed by atoms with Crippen molar-refractivity contribution in [3.8, 4) is 5.75 Å². The Balaban J connectivity index is 2.02. The highest BCUT2D eigenvalue weighted by Gasteiger charge is 2.08. The van der Waals surface area contributed by atoms with Crippen molar-refractivity contribution in [1.82, 2.24) is 4.98 Å². The number of hydrogen-bond acceptors (Lipinski definition) is 3. The molecule has 0 bridgehead atoms. The molecule has 0 aliphatic heterocycles. The van der Waals surface area contributed by atoms with Crippen LogP contribution in [-0.2, 0) is 6.42 Å². The lowest BCUT2D eigenvalue weighted by molar-refractivity contribution is 0.0982. The molecule has 0 spiro atoms. The molecule has 0 amide bonds. The first-order chi connectivity index (χ1) is 8.81. The van der Waals surface area contributed by atoms with Crippen molar-refractivity contribution in [2.24, 2.45) is 0 Å². The highest BCUT2D eigenvalue weighted by Crippen LogP contribution is 2.19. The smallest absolute Gasteiger partial charge is 0.164 e. The van der Waals surface area contributed by atoms with E-state index in [1.165, 1.54) is 0 Å². The SMILES string of the molecule is COc1ccccc1CCC(=O)c1cccnc1. The van der Waals surface area contributed by atoms with Crippen LogP contribution in [0.1, 0.15) is 22.3 Å². The topological polar surface area (TPSA) is 39.2 Å². The van der Waals surface area contributed by atoms with Crippen molar-refractivity contribution >= 4 is 5.78 Å². The number of hydrogen-bond donors (Lipinski definition) is 0. The van der Waals surface area contributed by atoms with E-state index < -0.39 is 0 Å². The summed E-state index contributed by atoms with van der Waals surface area (Å²) in [5.41, 5.74) is 1.71. The van der Waals surface area contributed by atoms with Crippen molar-refractivity contribution in [3.63, 3.8) is 0 Å². The molecule has 3 heteroatoms. The van der Waals surface area contributed by atoms with Gasteiger partial charge in [0.25, 0.3) is 0 Å². The minimum Gasteiger partial charge on any atom is -0.496 e. The average Bonchev–Trinajstić information content (AvgIpc) is 2.46. The van der Waals surface area contributed by atoms with Crippen LogP contribution in [0.5, 0.6) is 5.75 Å². The van der Waals surface area contributed by atoms with E-state index in [1.54, 1.807) is 31.6 Å². The Kier molecular flexibility index (Phi) is 4.07. The molecule has 2 aromatic rings. The van der Waals surface area contributed by atoms with Crippen LogP contribution in [0.15, 0.2) is 48.8 Å². The fourth-order valence-electron chi connectivity index (χ4n) is 1.83. The zero-order valence-electron chi connectivity index (χ0n) is 10.3. The summed E-state index contributed by atoms with van der Waals surface area (Å²) >= 11 is 0. The Labute approximate surface area is 106 Å². The molecule has 2 rings (SSSR count). The minimum absolute atomic E-state index is 0.106. The van der Waals surface area contributed by atoms with Gasteiger partial charge in [0.1, 0.15) is 5.75 Å². The molecule has 0 fully saturated rings. The van der Waals surface area contributed by atoms with Crippen molar-refractivity contribution < 1.29 is 9.53 Å². The van der Waals surface area contributed by atoms with Gasteiger partial charge in [-0.1, -0.05) is 18.2 Å². The summed E-state index contributed by atoms with van der Waals surface area (Å²) in [7, 11) is 1.64. The number of aromatic nitrogens is 1. The normalized spacial score (nSPS) is 10.1. The maximum absolute atomic E-state index is 11.9. The molecule has 0 aliphatic carbocycles.